The van der Waals surface area contributed by atoms with Gasteiger partial charge in [-0.3, -0.25) is 9.59 Å². The van der Waals surface area contributed by atoms with Crippen molar-refractivity contribution < 1.29 is 34.0 Å². The first kappa shape index (κ1) is 26.2. The number of methoxy groups -OCH3 is 2. The van der Waals surface area contributed by atoms with Crippen molar-refractivity contribution in [1.82, 2.24) is 9.80 Å². The summed E-state index contributed by atoms with van der Waals surface area (Å²) in [5, 5.41) is 21.8. The van der Waals surface area contributed by atoms with Crippen molar-refractivity contribution in [2.24, 2.45) is 0 Å². The number of benzene rings is 2. The Bertz CT molecular complexity index is 1160. The zero-order valence-corrected chi connectivity index (χ0v) is 21.0. The van der Waals surface area contributed by atoms with E-state index in [4.69, 9.17) is 25.8 Å². The number of halogens is 1. The molecule has 1 aliphatic heterocycles. The van der Waals surface area contributed by atoms with Crippen molar-refractivity contribution in [2.75, 3.05) is 48.0 Å². The summed E-state index contributed by atoms with van der Waals surface area (Å²) < 4.78 is 16.2. The number of rotatable bonds is 9. The number of carbonyl (C=O) groups excluding carboxylic acids is 2. The van der Waals surface area contributed by atoms with Gasteiger partial charge in [0.1, 0.15) is 17.3 Å². The standard InChI is InChI=1S/C25H29ClN2O7/c1-6-35-20-11-14(7-8-17(20)29)22-21(24(31)25(32)28(22)10-9-27(2)3)23(30)15-12-19(34-5)16(26)13-18(15)33-4/h7-8,11-13,22,29-30H,6,9-10H2,1-5H3/b23-21+. The summed E-state index contributed by atoms with van der Waals surface area (Å²) in [6, 6.07) is 6.55. The summed E-state index contributed by atoms with van der Waals surface area (Å²) in [6.45, 7) is 2.79. The van der Waals surface area contributed by atoms with Crippen LogP contribution in [0, 0.1) is 0 Å². The van der Waals surface area contributed by atoms with Crippen LogP contribution in [0.4, 0.5) is 0 Å². The molecule has 0 bridgehead atoms. The third-order valence-electron chi connectivity index (χ3n) is 5.66. The molecule has 10 heteroatoms. The highest BCUT2D eigenvalue weighted by atomic mass is 35.5. The Morgan fingerprint density at radius 2 is 1.77 bits per heavy atom. The largest absolute Gasteiger partial charge is 0.507 e. The lowest BCUT2D eigenvalue weighted by Gasteiger charge is -2.27. The summed E-state index contributed by atoms with van der Waals surface area (Å²) in [6.07, 6.45) is 0. The highest BCUT2D eigenvalue weighted by Gasteiger charge is 2.46. The van der Waals surface area contributed by atoms with E-state index in [1.54, 1.807) is 19.1 Å². The van der Waals surface area contributed by atoms with Crippen molar-refractivity contribution in [3.8, 4) is 23.0 Å². The fraction of sp³-hybridized carbons (Fsp3) is 0.360. The molecule has 3 rings (SSSR count). The molecule has 1 unspecified atom stereocenters. The van der Waals surface area contributed by atoms with Gasteiger partial charge >= 0.3 is 0 Å². The van der Waals surface area contributed by atoms with Gasteiger partial charge in [-0.2, -0.15) is 0 Å². The first-order valence-electron chi connectivity index (χ1n) is 10.9. The van der Waals surface area contributed by atoms with Crippen LogP contribution < -0.4 is 14.2 Å². The number of hydrogen-bond donors (Lipinski definition) is 2. The number of ketones is 1. The maximum atomic E-state index is 13.3. The van der Waals surface area contributed by atoms with Crippen molar-refractivity contribution in [3.05, 3.63) is 52.1 Å². The van der Waals surface area contributed by atoms with E-state index < -0.39 is 23.5 Å². The molecule has 1 aliphatic rings. The monoisotopic (exact) mass is 504 g/mol. The minimum absolute atomic E-state index is 0.0788. The number of phenols is 1. The third kappa shape index (κ3) is 5.16. The first-order valence-corrected chi connectivity index (χ1v) is 11.3. The Hall–Kier alpha value is -3.43. The molecule has 2 aromatic rings. The molecule has 0 aliphatic carbocycles. The number of aromatic hydroxyl groups is 1. The van der Waals surface area contributed by atoms with Gasteiger partial charge in [-0.05, 0) is 44.8 Å². The minimum Gasteiger partial charge on any atom is -0.507 e. The van der Waals surface area contributed by atoms with Gasteiger partial charge in [0, 0.05) is 19.2 Å². The van der Waals surface area contributed by atoms with Crippen LogP contribution in [0.3, 0.4) is 0 Å². The van der Waals surface area contributed by atoms with Crippen molar-refractivity contribution in [2.45, 2.75) is 13.0 Å². The number of amides is 1. The van der Waals surface area contributed by atoms with Gasteiger partial charge in [-0.1, -0.05) is 17.7 Å². The zero-order chi connectivity index (χ0) is 25.9. The summed E-state index contributed by atoms with van der Waals surface area (Å²) in [4.78, 5) is 29.6. The predicted octanol–water partition coefficient (Wildman–Crippen LogP) is 3.44. The fourth-order valence-corrected chi connectivity index (χ4v) is 4.16. The smallest absolute Gasteiger partial charge is 0.295 e. The number of aliphatic hydroxyl groups excluding tert-OH is 1. The number of aliphatic hydroxyl groups is 1. The van der Waals surface area contributed by atoms with Gasteiger partial charge in [0.05, 0.1) is 43.0 Å². The SMILES string of the molecule is CCOc1cc(C2/C(=C(\O)c3cc(OC)c(Cl)cc3OC)C(=O)C(=O)N2CCN(C)C)ccc1O. The summed E-state index contributed by atoms with van der Waals surface area (Å²) in [5.74, 6) is -1.43. The highest BCUT2D eigenvalue weighted by molar-refractivity contribution is 6.46. The fourth-order valence-electron chi connectivity index (χ4n) is 3.93. The van der Waals surface area contributed by atoms with Crippen LogP contribution in [0.15, 0.2) is 35.9 Å². The average Bonchev–Trinajstić information content (AvgIpc) is 3.08. The molecule has 2 N–H and O–H groups in total. The van der Waals surface area contributed by atoms with Gasteiger partial charge in [0.15, 0.2) is 11.5 Å². The number of phenolic OH excluding ortho intramolecular Hbond substituents is 1. The second-order valence-corrected chi connectivity index (χ2v) is 8.55. The lowest BCUT2D eigenvalue weighted by Crippen LogP contribution is -2.35. The van der Waals surface area contributed by atoms with E-state index >= 15 is 0 Å². The number of ether oxygens (including phenoxy) is 3. The van der Waals surface area contributed by atoms with Crippen LogP contribution in [0.2, 0.25) is 5.02 Å². The molecule has 0 radical (unpaired) electrons. The van der Waals surface area contributed by atoms with Crippen LogP contribution in [0.5, 0.6) is 23.0 Å². The Labute approximate surface area is 209 Å². The molecular formula is C25H29ClN2O7. The van der Waals surface area contributed by atoms with Crippen LogP contribution in [0.25, 0.3) is 5.76 Å². The molecule has 188 valence electrons. The van der Waals surface area contributed by atoms with Crippen LogP contribution in [0.1, 0.15) is 24.1 Å². The van der Waals surface area contributed by atoms with Crippen molar-refractivity contribution >= 4 is 29.1 Å². The maximum absolute atomic E-state index is 13.3. The van der Waals surface area contributed by atoms with Gasteiger partial charge in [0.2, 0.25) is 0 Å². The quantitative estimate of drug-likeness (QED) is 0.304. The number of nitrogens with zero attached hydrogens (tertiary/aromatic N) is 2. The average molecular weight is 505 g/mol. The molecule has 35 heavy (non-hydrogen) atoms. The molecule has 1 amide bonds. The number of likely N-dealkylation sites (N-methyl/N-ethyl adjacent to an activating group) is 1. The Balaban J connectivity index is 2.27. The van der Waals surface area contributed by atoms with Crippen LogP contribution >= 0.6 is 11.6 Å². The van der Waals surface area contributed by atoms with E-state index in [0.29, 0.717) is 18.7 Å². The van der Waals surface area contributed by atoms with E-state index in [-0.39, 0.29) is 45.7 Å². The van der Waals surface area contributed by atoms with Crippen molar-refractivity contribution in [1.29, 1.82) is 0 Å². The minimum atomic E-state index is -0.930. The Kier molecular flexibility index (Phi) is 8.14. The van der Waals surface area contributed by atoms with Gasteiger partial charge < -0.3 is 34.2 Å². The Morgan fingerprint density at radius 1 is 1.09 bits per heavy atom. The molecule has 0 aromatic heterocycles. The van der Waals surface area contributed by atoms with Gasteiger partial charge in [-0.15, -0.1) is 0 Å². The van der Waals surface area contributed by atoms with Gasteiger partial charge in [0.25, 0.3) is 11.7 Å². The number of likely N-dealkylation sites (tertiary alicyclic amines) is 1. The predicted molar refractivity (Wildman–Crippen MR) is 131 cm³/mol. The molecule has 1 atom stereocenters. The normalized spacial score (nSPS) is 17.2. The molecule has 1 fully saturated rings. The molecule has 9 nitrogen and oxygen atoms in total. The zero-order valence-electron chi connectivity index (χ0n) is 20.3. The van der Waals surface area contributed by atoms with Crippen LogP contribution in [-0.2, 0) is 9.59 Å². The number of hydrogen-bond acceptors (Lipinski definition) is 8. The van der Waals surface area contributed by atoms with E-state index in [1.165, 1.54) is 37.3 Å². The molecule has 2 aromatic carbocycles. The van der Waals surface area contributed by atoms with E-state index in [2.05, 4.69) is 0 Å². The van der Waals surface area contributed by atoms with E-state index in [0.717, 1.165) is 0 Å². The van der Waals surface area contributed by atoms with E-state index in [9.17, 15) is 19.8 Å². The number of carbonyl (C=O) groups is 2. The van der Waals surface area contributed by atoms with Crippen LogP contribution in [-0.4, -0.2) is 79.7 Å². The van der Waals surface area contributed by atoms with Crippen molar-refractivity contribution in [3.63, 3.8) is 0 Å². The molecule has 0 spiro atoms. The molecule has 1 heterocycles. The summed E-state index contributed by atoms with van der Waals surface area (Å²) in [5.41, 5.74) is 0.517. The summed E-state index contributed by atoms with van der Waals surface area (Å²) >= 11 is 6.20. The molecule has 1 saturated heterocycles. The number of Topliss-reactive ketones (excluding diaryl/α,β-unsaturated/α-hetero) is 1. The topological polar surface area (TPSA) is 109 Å². The lowest BCUT2D eigenvalue weighted by atomic mass is 9.94. The maximum Gasteiger partial charge on any atom is 0.295 e. The Morgan fingerprint density at radius 3 is 2.37 bits per heavy atom. The summed E-state index contributed by atoms with van der Waals surface area (Å²) in [7, 11) is 6.52. The third-order valence-corrected chi connectivity index (χ3v) is 5.95. The lowest BCUT2D eigenvalue weighted by molar-refractivity contribution is -0.140. The van der Waals surface area contributed by atoms with E-state index in [1.807, 2.05) is 19.0 Å². The van der Waals surface area contributed by atoms with Gasteiger partial charge in [-0.25, -0.2) is 0 Å². The highest BCUT2D eigenvalue weighted by Crippen LogP contribution is 2.44. The second-order valence-electron chi connectivity index (χ2n) is 8.14. The first-order chi connectivity index (χ1) is 16.6. The second kappa shape index (κ2) is 10.9. The molecular weight excluding hydrogens is 476 g/mol. The molecule has 0 saturated carbocycles.